The molecule has 0 aromatic carbocycles. The number of nitrogens with zero attached hydrogens (tertiary/aromatic N) is 3. The van der Waals surface area contributed by atoms with Crippen LogP contribution in [0.2, 0.25) is 0 Å². The van der Waals surface area contributed by atoms with Crippen molar-refractivity contribution >= 4 is 16.5 Å². The third-order valence-corrected chi connectivity index (χ3v) is 4.87. The van der Waals surface area contributed by atoms with Crippen molar-refractivity contribution in [3.05, 3.63) is 11.1 Å². The van der Waals surface area contributed by atoms with Crippen molar-refractivity contribution in [1.82, 2.24) is 14.8 Å². The molecule has 19 heavy (non-hydrogen) atoms. The molecule has 1 aliphatic heterocycles. The van der Waals surface area contributed by atoms with Gasteiger partial charge in [-0.05, 0) is 19.3 Å². The normalized spacial score (nSPS) is 21.7. The Morgan fingerprint density at radius 2 is 2.11 bits per heavy atom. The molecule has 0 atom stereocenters. The molecule has 1 N–H and O–H groups in total. The molecule has 1 saturated carbocycles. The third kappa shape index (κ3) is 3.68. The van der Waals surface area contributed by atoms with Crippen LogP contribution in [0.4, 0.5) is 5.13 Å². The van der Waals surface area contributed by atoms with Crippen molar-refractivity contribution in [2.75, 3.05) is 38.0 Å². The van der Waals surface area contributed by atoms with Gasteiger partial charge < -0.3 is 5.32 Å². The second kappa shape index (κ2) is 6.20. The maximum atomic E-state index is 4.44. The largest absolute Gasteiger partial charge is 0.362 e. The molecular weight excluding hydrogens is 256 g/mol. The van der Waals surface area contributed by atoms with E-state index in [1.165, 1.54) is 43.9 Å². The summed E-state index contributed by atoms with van der Waals surface area (Å²) in [6, 6.07) is 0.926. The number of hydrogen-bond acceptors (Lipinski definition) is 5. The van der Waals surface area contributed by atoms with Gasteiger partial charge >= 0.3 is 0 Å². The summed E-state index contributed by atoms with van der Waals surface area (Å²) in [7, 11) is 0. The van der Waals surface area contributed by atoms with Crippen molar-refractivity contribution in [3.63, 3.8) is 0 Å². The molecule has 106 valence electrons. The van der Waals surface area contributed by atoms with E-state index in [-0.39, 0.29) is 0 Å². The SMILES string of the molecule is CCCNc1ncc(CN2CCN(C3CC3)CC2)s1. The first kappa shape index (κ1) is 13.3. The first-order valence-electron chi connectivity index (χ1n) is 7.50. The van der Waals surface area contributed by atoms with Gasteiger partial charge in [-0.3, -0.25) is 9.80 Å². The van der Waals surface area contributed by atoms with Crippen LogP contribution in [0.3, 0.4) is 0 Å². The molecular formula is C14H24N4S. The second-order valence-electron chi connectivity index (χ2n) is 5.60. The first-order chi connectivity index (χ1) is 9.35. The highest BCUT2D eigenvalue weighted by molar-refractivity contribution is 7.15. The summed E-state index contributed by atoms with van der Waals surface area (Å²) in [6.07, 6.45) is 6.05. The molecule has 5 heteroatoms. The van der Waals surface area contributed by atoms with E-state index in [1.54, 1.807) is 0 Å². The number of piperazine rings is 1. The van der Waals surface area contributed by atoms with Crippen molar-refractivity contribution < 1.29 is 0 Å². The highest BCUT2D eigenvalue weighted by Gasteiger charge is 2.31. The highest BCUT2D eigenvalue weighted by atomic mass is 32.1. The molecule has 1 aromatic rings. The van der Waals surface area contributed by atoms with Gasteiger partial charge in [-0.15, -0.1) is 11.3 Å². The average Bonchev–Trinajstić information content (AvgIpc) is 3.19. The Labute approximate surface area is 119 Å². The van der Waals surface area contributed by atoms with Crippen LogP contribution in [-0.4, -0.2) is 53.5 Å². The van der Waals surface area contributed by atoms with Gasteiger partial charge in [-0.2, -0.15) is 0 Å². The fourth-order valence-corrected chi connectivity index (χ4v) is 3.52. The van der Waals surface area contributed by atoms with Crippen molar-refractivity contribution in [2.24, 2.45) is 0 Å². The zero-order valence-corrected chi connectivity index (χ0v) is 12.6. The maximum absolute atomic E-state index is 4.44. The van der Waals surface area contributed by atoms with E-state index in [0.29, 0.717) is 0 Å². The zero-order valence-electron chi connectivity index (χ0n) is 11.8. The predicted octanol–water partition coefficient (Wildman–Crippen LogP) is 2.25. The molecule has 1 aromatic heterocycles. The minimum absolute atomic E-state index is 0.926. The summed E-state index contributed by atoms with van der Waals surface area (Å²) >= 11 is 1.81. The van der Waals surface area contributed by atoms with E-state index in [4.69, 9.17) is 0 Å². The smallest absolute Gasteiger partial charge is 0.182 e. The fraction of sp³-hybridized carbons (Fsp3) is 0.786. The Morgan fingerprint density at radius 3 is 2.79 bits per heavy atom. The Kier molecular flexibility index (Phi) is 4.35. The van der Waals surface area contributed by atoms with E-state index in [1.807, 2.05) is 17.5 Å². The summed E-state index contributed by atoms with van der Waals surface area (Å²) < 4.78 is 0. The number of nitrogens with one attached hydrogen (secondary N) is 1. The molecule has 3 rings (SSSR count). The summed E-state index contributed by atoms with van der Waals surface area (Å²) in [6.45, 7) is 9.21. The van der Waals surface area contributed by atoms with Gasteiger partial charge in [-0.25, -0.2) is 4.98 Å². The van der Waals surface area contributed by atoms with E-state index in [9.17, 15) is 0 Å². The van der Waals surface area contributed by atoms with Crippen LogP contribution in [0.1, 0.15) is 31.1 Å². The monoisotopic (exact) mass is 280 g/mol. The summed E-state index contributed by atoms with van der Waals surface area (Å²) in [5.41, 5.74) is 0. The first-order valence-corrected chi connectivity index (χ1v) is 8.32. The molecule has 0 spiro atoms. The molecule has 1 saturated heterocycles. The van der Waals surface area contributed by atoms with Crippen LogP contribution in [0, 0.1) is 0 Å². The van der Waals surface area contributed by atoms with E-state index >= 15 is 0 Å². The Morgan fingerprint density at radius 1 is 1.32 bits per heavy atom. The Bertz CT molecular complexity index is 394. The Hall–Kier alpha value is -0.650. The van der Waals surface area contributed by atoms with Crippen molar-refractivity contribution in [3.8, 4) is 0 Å². The molecule has 2 heterocycles. The van der Waals surface area contributed by atoms with Gasteiger partial charge in [0.2, 0.25) is 0 Å². The lowest BCUT2D eigenvalue weighted by Gasteiger charge is -2.34. The Balaban J connectivity index is 1.44. The van der Waals surface area contributed by atoms with Crippen LogP contribution >= 0.6 is 11.3 Å². The molecule has 2 aliphatic rings. The van der Waals surface area contributed by atoms with Crippen LogP contribution in [0.5, 0.6) is 0 Å². The molecule has 0 amide bonds. The fourth-order valence-electron chi connectivity index (χ4n) is 2.64. The number of aromatic nitrogens is 1. The van der Waals surface area contributed by atoms with Crippen LogP contribution < -0.4 is 5.32 Å². The minimum Gasteiger partial charge on any atom is -0.362 e. The number of anilines is 1. The molecule has 2 fully saturated rings. The number of rotatable bonds is 6. The van der Waals surface area contributed by atoms with E-state index < -0.39 is 0 Å². The van der Waals surface area contributed by atoms with Crippen molar-refractivity contribution in [1.29, 1.82) is 0 Å². The summed E-state index contributed by atoms with van der Waals surface area (Å²) in [4.78, 5) is 11.1. The minimum atomic E-state index is 0.926. The lowest BCUT2D eigenvalue weighted by Crippen LogP contribution is -2.46. The predicted molar refractivity (Wildman–Crippen MR) is 80.8 cm³/mol. The lowest BCUT2D eigenvalue weighted by atomic mass is 10.3. The zero-order chi connectivity index (χ0) is 13.1. The topological polar surface area (TPSA) is 31.4 Å². The van der Waals surface area contributed by atoms with Gasteiger partial charge in [0.15, 0.2) is 5.13 Å². The van der Waals surface area contributed by atoms with Crippen LogP contribution in [0.15, 0.2) is 6.20 Å². The van der Waals surface area contributed by atoms with Gasteiger partial charge in [-0.1, -0.05) is 6.92 Å². The average molecular weight is 280 g/mol. The molecule has 4 nitrogen and oxygen atoms in total. The lowest BCUT2D eigenvalue weighted by molar-refractivity contribution is 0.122. The van der Waals surface area contributed by atoms with Gasteiger partial charge in [0.05, 0.1) is 0 Å². The molecule has 0 radical (unpaired) electrons. The van der Waals surface area contributed by atoms with Crippen molar-refractivity contribution in [2.45, 2.75) is 38.8 Å². The number of thiazole rings is 1. The van der Waals surface area contributed by atoms with E-state index in [0.717, 1.165) is 30.7 Å². The van der Waals surface area contributed by atoms with E-state index in [2.05, 4.69) is 27.0 Å². The van der Waals surface area contributed by atoms with Gasteiger partial charge in [0, 0.05) is 56.4 Å². The molecule has 0 bridgehead atoms. The highest BCUT2D eigenvalue weighted by Crippen LogP contribution is 2.28. The summed E-state index contributed by atoms with van der Waals surface area (Å²) in [5, 5.41) is 4.44. The van der Waals surface area contributed by atoms with Crippen LogP contribution in [-0.2, 0) is 6.54 Å². The molecule has 1 aliphatic carbocycles. The maximum Gasteiger partial charge on any atom is 0.182 e. The standard InChI is InChI=1S/C14H24N4S/c1-2-5-15-14-16-10-13(19-14)11-17-6-8-18(9-7-17)12-3-4-12/h10,12H,2-9,11H2,1H3,(H,15,16). The quantitative estimate of drug-likeness (QED) is 0.866. The van der Waals surface area contributed by atoms with Gasteiger partial charge in [0.25, 0.3) is 0 Å². The third-order valence-electron chi connectivity index (χ3n) is 3.93. The van der Waals surface area contributed by atoms with Crippen LogP contribution in [0.25, 0.3) is 0 Å². The molecule has 0 unspecified atom stereocenters. The second-order valence-corrected chi connectivity index (χ2v) is 6.72. The summed E-state index contributed by atoms with van der Waals surface area (Å²) in [5.74, 6) is 0. The number of hydrogen-bond donors (Lipinski definition) is 1. The van der Waals surface area contributed by atoms with Gasteiger partial charge in [0.1, 0.15) is 0 Å².